The summed E-state index contributed by atoms with van der Waals surface area (Å²) >= 11 is 3.41. The molecule has 2 N–H and O–H groups in total. The second-order valence-electron chi connectivity index (χ2n) is 5.74. The van der Waals surface area contributed by atoms with E-state index in [0.717, 1.165) is 31.7 Å². The van der Waals surface area contributed by atoms with E-state index in [4.69, 9.17) is 0 Å². The normalized spacial score (nSPS) is 19.5. The molecule has 7 heteroatoms. The van der Waals surface area contributed by atoms with Gasteiger partial charge >= 0.3 is 0 Å². The Hall–Kier alpha value is -0.920. The zero-order valence-corrected chi connectivity index (χ0v) is 14.3. The Morgan fingerprint density at radius 2 is 2.33 bits per heavy atom. The van der Waals surface area contributed by atoms with E-state index in [0.29, 0.717) is 17.1 Å². The Morgan fingerprint density at radius 1 is 1.52 bits per heavy atom. The summed E-state index contributed by atoms with van der Waals surface area (Å²) in [6.45, 7) is 3.38. The maximum absolute atomic E-state index is 12.3. The van der Waals surface area contributed by atoms with Crippen molar-refractivity contribution < 1.29 is 0 Å². The van der Waals surface area contributed by atoms with Crippen LogP contribution in [0.1, 0.15) is 19.3 Å². The van der Waals surface area contributed by atoms with Gasteiger partial charge in [-0.25, -0.2) is 4.68 Å². The number of likely N-dealkylation sites (N-methyl/N-ethyl adjacent to an activating group) is 1. The summed E-state index contributed by atoms with van der Waals surface area (Å²) in [7, 11) is 3.96. The van der Waals surface area contributed by atoms with Crippen LogP contribution in [0.25, 0.3) is 0 Å². The molecule has 1 atom stereocenters. The summed E-state index contributed by atoms with van der Waals surface area (Å²) in [5, 5.41) is 11.1. The summed E-state index contributed by atoms with van der Waals surface area (Å²) in [5.41, 5.74) is 0.707. The van der Waals surface area contributed by atoms with Gasteiger partial charge in [0.05, 0.1) is 18.4 Å². The Bertz CT molecular complexity index is 509. The van der Waals surface area contributed by atoms with Gasteiger partial charge in [0.25, 0.3) is 5.56 Å². The molecule has 1 aliphatic heterocycles. The maximum Gasteiger partial charge on any atom is 0.283 e. The van der Waals surface area contributed by atoms with Crippen molar-refractivity contribution in [3.8, 4) is 0 Å². The fourth-order valence-electron chi connectivity index (χ4n) is 2.38. The van der Waals surface area contributed by atoms with Crippen LogP contribution in [0.15, 0.2) is 15.5 Å². The van der Waals surface area contributed by atoms with Crippen LogP contribution in [-0.2, 0) is 6.54 Å². The van der Waals surface area contributed by atoms with Gasteiger partial charge in [0.1, 0.15) is 4.47 Å². The number of rotatable bonds is 5. The van der Waals surface area contributed by atoms with Crippen LogP contribution in [0.3, 0.4) is 0 Å². The van der Waals surface area contributed by atoms with Crippen molar-refractivity contribution in [1.29, 1.82) is 0 Å². The van der Waals surface area contributed by atoms with Crippen LogP contribution >= 0.6 is 15.9 Å². The molecular formula is C14H24BrN5O. The lowest BCUT2D eigenvalue weighted by Crippen LogP contribution is -2.33. The standard InChI is InChI=1S/C14H24BrN5O/c1-19(2)7-8-20-14(21)13(15)12(10-17-20)18-11-5-3-4-6-16-9-11/h10-11,16,18H,3-9H2,1-2H3. The third-order valence-electron chi connectivity index (χ3n) is 3.65. The number of nitrogens with one attached hydrogen (secondary N) is 2. The van der Waals surface area contributed by atoms with Gasteiger partial charge in [-0.2, -0.15) is 5.10 Å². The predicted molar refractivity (Wildman–Crippen MR) is 88.9 cm³/mol. The number of hydrogen-bond donors (Lipinski definition) is 2. The van der Waals surface area contributed by atoms with E-state index >= 15 is 0 Å². The highest BCUT2D eigenvalue weighted by atomic mass is 79.9. The van der Waals surface area contributed by atoms with Crippen LogP contribution in [0.4, 0.5) is 5.69 Å². The molecule has 0 amide bonds. The van der Waals surface area contributed by atoms with E-state index in [2.05, 4.69) is 31.7 Å². The van der Waals surface area contributed by atoms with Gasteiger partial charge < -0.3 is 15.5 Å². The van der Waals surface area contributed by atoms with Crippen molar-refractivity contribution in [3.63, 3.8) is 0 Å². The minimum absolute atomic E-state index is 0.0802. The number of aromatic nitrogens is 2. The third kappa shape index (κ3) is 4.79. The van der Waals surface area contributed by atoms with E-state index in [-0.39, 0.29) is 5.56 Å². The molecule has 6 nitrogen and oxygen atoms in total. The van der Waals surface area contributed by atoms with E-state index in [1.165, 1.54) is 17.5 Å². The summed E-state index contributed by atoms with van der Waals surface area (Å²) in [6, 6.07) is 0.350. The second kappa shape index (κ2) is 7.91. The molecule has 2 rings (SSSR count). The fourth-order valence-corrected chi connectivity index (χ4v) is 2.80. The third-order valence-corrected chi connectivity index (χ3v) is 4.42. The maximum atomic E-state index is 12.3. The summed E-state index contributed by atoms with van der Waals surface area (Å²) < 4.78 is 2.07. The Morgan fingerprint density at radius 3 is 3.10 bits per heavy atom. The van der Waals surface area contributed by atoms with Crippen molar-refractivity contribution in [2.24, 2.45) is 0 Å². The quantitative estimate of drug-likeness (QED) is 0.826. The van der Waals surface area contributed by atoms with Crippen molar-refractivity contribution in [2.45, 2.75) is 31.8 Å². The number of anilines is 1. The minimum Gasteiger partial charge on any atom is -0.379 e. The molecule has 118 valence electrons. The molecule has 1 aliphatic rings. The molecule has 0 aromatic carbocycles. The average Bonchev–Trinajstić information content (AvgIpc) is 2.71. The van der Waals surface area contributed by atoms with Crippen LogP contribution < -0.4 is 16.2 Å². The van der Waals surface area contributed by atoms with Crippen molar-refractivity contribution in [1.82, 2.24) is 20.0 Å². The molecule has 0 aliphatic carbocycles. The number of nitrogens with zero attached hydrogens (tertiary/aromatic N) is 3. The van der Waals surface area contributed by atoms with E-state index in [1.807, 2.05) is 19.0 Å². The first kappa shape index (κ1) is 16.5. The lowest BCUT2D eigenvalue weighted by molar-refractivity contribution is 0.367. The molecule has 0 bridgehead atoms. The lowest BCUT2D eigenvalue weighted by Gasteiger charge is -2.19. The first-order chi connectivity index (χ1) is 10.1. The molecular weight excluding hydrogens is 334 g/mol. The largest absolute Gasteiger partial charge is 0.379 e. The molecule has 0 radical (unpaired) electrons. The molecule has 1 unspecified atom stereocenters. The number of halogens is 1. The molecule has 1 fully saturated rings. The molecule has 1 aromatic heterocycles. The van der Waals surface area contributed by atoms with Gasteiger partial charge in [-0.15, -0.1) is 0 Å². The van der Waals surface area contributed by atoms with Gasteiger partial charge in [0, 0.05) is 19.1 Å². The average molecular weight is 358 g/mol. The summed E-state index contributed by atoms with van der Waals surface area (Å²) in [4.78, 5) is 14.3. The predicted octanol–water partition coefficient (Wildman–Crippen LogP) is 1.12. The van der Waals surface area contributed by atoms with Gasteiger partial charge in [-0.05, 0) is 49.4 Å². The molecule has 0 saturated carbocycles. The molecule has 1 aromatic rings. The smallest absolute Gasteiger partial charge is 0.283 e. The first-order valence-corrected chi connectivity index (χ1v) is 8.25. The second-order valence-corrected chi connectivity index (χ2v) is 6.54. The van der Waals surface area contributed by atoms with Crippen molar-refractivity contribution >= 4 is 21.6 Å². The Balaban J connectivity index is 2.07. The number of hydrogen-bond acceptors (Lipinski definition) is 5. The van der Waals surface area contributed by atoms with E-state index in [1.54, 1.807) is 6.20 Å². The Labute approximate surface area is 134 Å². The SMILES string of the molecule is CN(C)CCn1ncc(NC2CCCCNC2)c(Br)c1=O. The molecule has 2 heterocycles. The molecule has 1 saturated heterocycles. The zero-order valence-electron chi connectivity index (χ0n) is 12.7. The van der Waals surface area contributed by atoms with Crippen LogP contribution in [0.5, 0.6) is 0 Å². The van der Waals surface area contributed by atoms with Gasteiger partial charge in [0.2, 0.25) is 0 Å². The fraction of sp³-hybridized carbons (Fsp3) is 0.714. The van der Waals surface area contributed by atoms with Crippen LogP contribution in [0, 0.1) is 0 Å². The zero-order chi connectivity index (χ0) is 15.2. The first-order valence-electron chi connectivity index (χ1n) is 7.45. The van der Waals surface area contributed by atoms with Crippen LogP contribution in [-0.4, -0.2) is 54.5 Å². The monoisotopic (exact) mass is 357 g/mol. The van der Waals surface area contributed by atoms with Gasteiger partial charge in [-0.1, -0.05) is 6.42 Å². The highest BCUT2D eigenvalue weighted by molar-refractivity contribution is 9.10. The van der Waals surface area contributed by atoms with Crippen molar-refractivity contribution in [2.75, 3.05) is 39.0 Å². The lowest BCUT2D eigenvalue weighted by atomic mass is 10.1. The van der Waals surface area contributed by atoms with E-state index < -0.39 is 0 Å². The molecule has 21 heavy (non-hydrogen) atoms. The highest BCUT2D eigenvalue weighted by Crippen LogP contribution is 2.19. The topological polar surface area (TPSA) is 62.2 Å². The molecule has 0 spiro atoms. The van der Waals surface area contributed by atoms with Gasteiger partial charge in [-0.3, -0.25) is 4.79 Å². The summed E-state index contributed by atoms with van der Waals surface area (Å²) in [5.74, 6) is 0. The summed E-state index contributed by atoms with van der Waals surface area (Å²) in [6.07, 6.45) is 5.27. The van der Waals surface area contributed by atoms with Gasteiger partial charge in [0.15, 0.2) is 0 Å². The highest BCUT2D eigenvalue weighted by Gasteiger charge is 2.15. The van der Waals surface area contributed by atoms with E-state index in [9.17, 15) is 4.79 Å². The Kier molecular flexibility index (Phi) is 6.20. The van der Waals surface area contributed by atoms with Crippen LogP contribution in [0.2, 0.25) is 0 Å². The van der Waals surface area contributed by atoms with Crippen molar-refractivity contribution in [3.05, 3.63) is 21.0 Å². The minimum atomic E-state index is -0.0802.